The van der Waals surface area contributed by atoms with Crippen LogP contribution >= 0.6 is 0 Å². The van der Waals surface area contributed by atoms with E-state index in [0.717, 1.165) is 38.0 Å². The fraction of sp³-hybridized carbons (Fsp3) is 0.500. The van der Waals surface area contributed by atoms with Crippen molar-refractivity contribution in [3.8, 4) is 0 Å². The van der Waals surface area contributed by atoms with Crippen molar-refractivity contribution in [3.63, 3.8) is 0 Å². The Bertz CT molecular complexity index is 742. The predicted molar refractivity (Wildman–Crippen MR) is 101 cm³/mol. The zero-order valence-corrected chi connectivity index (χ0v) is 15.5. The molecular formula is C18H27N7. The number of aryl methyl sites for hydroxylation is 2. The Labute approximate surface area is 149 Å². The minimum absolute atomic E-state index is 0.625. The van der Waals surface area contributed by atoms with Crippen LogP contribution in [-0.4, -0.2) is 58.9 Å². The molecule has 2 aromatic rings. The first kappa shape index (κ1) is 17.3. The molecule has 0 radical (unpaired) electrons. The Morgan fingerprint density at radius 3 is 2.60 bits per heavy atom. The number of nitrogens with one attached hydrogen (secondary N) is 1. The largest absolute Gasteiger partial charge is 0.368 e. The maximum absolute atomic E-state index is 4.43. The Hall–Kier alpha value is -2.57. The van der Waals surface area contributed by atoms with Crippen molar-refractivity contribution < 1.29 is 0 Å². The average Bonchev–Trinajstić information content (AvgIpc) is 3.04. The van der Waals surface area contributed by atoms with Crippen LogP contribution in [0.3, 0.4) is 0 Å². The van der Waals surface area contributed by atoms with Crippen LogP contribution in [0.5, 0.6) is 0 Å². The summed E-state index contributed by atoms with van der Waals surface area (Å²) < 4.78 is 1.78. The predicted octanol–water partition coefficient (Wildman–Crippen LogP) is 1.33. The van der Waals surface area contributed by atoms with Gasteiger partial charge in [-0.3, -0.25) is 9.67 Å². The number of nitrogens with zero attached hydrogens (tertiary/aromatic N) is 6. The number of aromatic nitrogens is 3. The van der Waals surface area contributed by atoms with E-state index in [1.54, 1.807) is 11.0 Å². The average molecular weight is 341 g/mol. The minimum Gasteiger partial charge on any atom is -0.368 e. The van der Waals surface area contributed by atoms with Crippen molar-refractivity contribution in [1.82, 2.24) is 25.0 Å². The number of guanidine groups is 1. The highest BCUT2D eigenvalue weighted by atomic mass is 15.4. The molecule has 0 unspecified atom stereocenters. The molecule has 1 aliphatic rings. The molecular weight excluding hydrogens is 314 g/mol. The molecule has 1 fully saturated rings. The summed E-state index contributed by atoms with van der Waals surface area (Å²) in [5.74, 6) is 1.82. The zero-order valence-electron chi connectivity index (χ0n) is 15.5. The molecule has 3 rings (SSSR count). The number of anilines is 1. The second-order valence-corrected chi connectivity index (χ2v) is 6.39. The Morgan fingerprint density at radius 1 is 1.20 bits per heavy atom. The van der Waals surface area contributed by atoms with Gasteiger partial charge in [0.05, 0.1) is 6.54 Å². The van der Waals surface area contributed by atoms with Gasteiger partial charge in [-0.15, -0.1) is 0 Å². The maximum Gasteiger partial charge on any atom is 0.194 e. The van der Waals surface area contributed by atoms with E-state index < -0.39 is 0 Å². The summed E-state index contributed by atoms with van der Waals surface area (Å²) in [5, 5.41) is 7.49. The molecule has 0 spiro atoms. The summed E-state index contributed by atoms with van der Waals surface area (Å²) in [7, 11) is 3.73. The van der Waals surface area contributed by atoms with Crippen LogP contribution in [0.15, 0.2) is 29.5 Å². The van der Waals surface area contributed by atoms with Gasteiger partial charge >= 0.3 is 0 Å². The van der Waals surface area contributed by atoms with E-state index in [2.05, 4.69) is 62.2 Å². The SMILES string of the molecule is CN=C(NCc1ncnn1C)N1CCN(c2cccc(C)c2C)CC1. The number of hydrogen-bond donors (Lipinski definition) is 1. The standard InChI is InChI=1S/C18H27N7/c1-14-6-5-7-16(15(14)2)24-8-10-25(11-9-24)18(19-3)20-12-17-21-13-22-23(17)4/h5-7,13H,8-12H2,1-4H3,(H,19,20). The van der Waals surface area contributed by atoms with Crippen LogP contribution in [0.25, 0.3) is 0 Å². The summed E-state index contributed by atoms with van der Waals surface area (Å²) in [6, 6.07) is 6.54. The first-order valence-electron chi connectivity index (χ1n) is 8.69. The molecule has 25 heavy (non-hydrogen) atoms. The van der Waals surface area contributed by atoms with Gasteiger partial charge in [-0.05, 0) is 31.0 Å². The van der Waals surface area contributed by atoms with Crippen LogP contribution in [0, 0.1) is 13.8 Å². The quantitative estimate of drug-likeness (QED) is 0.674. The molecule has 1 saturated heterocycles. The highest BCUT2D eigenvalue weighted by Crippen LogP contribution is 2.23. The van der Waals surface area contributed by atoms with E-state index >= 15 is 0 Å². The normalized spacial score (nSPS) is 15.6. The van der Waals surface area contributed by atoms with E-state index in [4.69, 9.17) is 0 Å². The highest BCUT2D eigenvalue weighted by Gasteiger charge is 2.21. The fourth-order valence-corrected chi connectivity index (χ4v) is 3.21. The lowest BCUT2D eigenvalue weighted by atomic mass is 10.1. The molecule has 1 aliphatic heterocycles. The Kier molecular flexibility index (Phi) is 5.21. The second kappa shape index (κ2) is 7.55. The maximum atomic E-state index is 4.43. The molecule has 0 saturated carbocycles. The molecule has 7 nitrogen and oxygen atoms in total. The van der Waals surface area contributed by atoms with Gasteiger partial charge in [0.2, 0.25) is 0 Å². The number of rotatable bonds is 3. The first-order chi connectivity index (χ1) is 12.1. The van der Waals surface area contributed by atoms with Gasteiger partial charge in [-0.1, -0.05) is 12.1 Å². The zero-order chi connectivity index (χ0) is 17.8. The number of hydrogen-bond acceptors (Lipinski definition) is 4. The number of benzene rings is 1. The Morgan fingerprint density at radius 2 is 1.96 bits per heavy atom. The molecule has 0 bridgehead atoms. The molecule has 2 heterocycles. The third kappa shape index (κ3) is 3.75. The molecule has 0 aliphatic carbocycles. The first-order valence-corrected chi connectivity index (χ1v) is 8.69. The van der Waals surface area contributed by atoms with Crippen LogP contribution in [0.2, 0.25) is 0 Å². The van der Waals surface area contributed by atoms with Crippen LogP contribution in [0.1, 0.15) is 17.0 Å². The van der Waals surface area contributed by atoms with Gasteiger partial charge in [0.25, 0.3) is 0 Å². The lowest BCUT2D eigenvalue weighted by Gasteiger charge is -2.38. The summed E-state index contributed by atoms with van der Waals surface area (Å²) in [5.41, 5.74) is 4.07. The summed E-state index contributed by atoms with van der Waals surface area (Å²) in [6.07, 6.45) is 1.57. The van der Waals surface area contributed by atoms with Crippen molar-refractivity contribution in [2.45, 2.75) is 20.4 Å². The van der Waals surface area contributed by atoms with Gasteiger partial charge in [-0.25, -0.2) is 4.98 Å². The van der Waals surface area contributed by atoms with Crippen LogP contribution in [0.4, 0.5) is 5.69 Å². The van der Waals surface area contributed by atoms with E-state index in [9.17, 15) is 0 Å². The molecule has 1 aromatic carbocycles. The van der Waals surface area contributed by atoms with Crippen molar-refractivity contribution in [3.05, 3.63) is 41.5 Å². The van der Waals surface area contributed by atoms with Gasteiger partial charge in [0.1, 0.15) is 12.2 Å². The molecule has 7 heteroatoms. The smallest absolute Gasteiger partial charge is 0.194 e. The molecule has 0 atom stereocenters. The molecule has 0 amide bonds. The van der Waals surface area contributed by atoms with Crippen molar-refractivity contribution in [2.24, 2.45) is 12.0 Å². The lowest BCUT2D eigenvalue weighted by molar-refractivity contribution is 0.371. The van der Waals surface area contributed by atoms with Crippen molar-refractivity contribution in [2.75, 3.05) is 38.1 Å². The number of piperazine rings is 1. The Balaban J connectivity index is 1.59. The summed E-state index contributed by atoms with van der Waals surface area (Å²) >= 11 is 0. The summed E-state index contributed by atoms with van der Waals surface area (Å²) in [6.45, 7) is 8.90. The van der Waals surface area contributed by atoms with E-state index in [1.165, 1.54) is 16.8 Å². The van der Waals surface area contributed by atoms with Crippen LogP contribution < -0.4 is 10.2 Å². The monoisotopic (exact) mass is 341 g/mol. The molecule has 1 aromatic heterocycles. The fourth-order valence-electron chi connectivity index (χ4n) is 3.21. The van der Waals surface area contributed by atoms with E-state index in [-0.39, 0.29) is 0 Å². The van der Waals surface area contributed by atoms with Gasteiger partial charge < -0.3 is 15.1 Å². The minimum atomic E-state index is 0.625. The summed E-state index contributed by atoms with van der Waals surface area (Å²) in [4.78, 5) is 13.4. The topological polar surface area (TPSA) is 61.6 Å². The van der Waals surface area contributed by atoms with Crippen LogP contribution in [-0.2, 0) is 13.6 Å². The van der Waals surface area contributed by atoms with Gasteiger partial charge in [-0.2, -0.15) is 5.10 Å². The lowest BCUT2D eigenvalue weighted by Crippen LogP contribution is -2.52. The van der Waals surface area contributed by atoms with Crippen molar-refractivity contribution >= 4 is 11.6 Å². The van der Waals surface area contributed by atoms with Crippen molar-refractivity contribution in [1.29, 1.82) is 0 Å². The van der Waals surface area contributed by atoms with Gasteiger partial charge in [0, 0.05) is 46.0 Å². The van der Waals surface area contributed by atoms with E-state index in [1.807, 2.05) is 14.1 Å². The third-order valence-corrected chi connectivity index (χ3v) is 4.92. The van der Waals surface area contributed by atoms with Gasteiger partial charge in [0.15, 0.2) is 5.96 Å². The second-order valence-electron chi connectivity index (χ2n) is 6.39. The van der Waals surface area contributed by atoms with E-state index in [0.29, 0.717) is 6.54 Å². The highest BCUT2D eigenvalue weighted by molar-refractivity contribution is 5.80. The number of aliphatic imine (C=N–C) groups is 1. The molecule has 1 N–H and O–H groups in total. The third-order valence-electron chi connectivity index (χ3n) is 4.92. The molecule has 134 valence electrons.